The first-order valence-electron chi connectivity index (χ1n) is 7.13. The Labute approximate surface area is 138 Å². The molecule has 0 saturated carbocycles. The molecule has 1 heterocycles. The van der Waals surface area contributed by atoms with Gasteiger partial charge < -0.3 is 5.11 Å². The second-order valence-electron chi connectivity index (χ2n) is 5.02. The average Bonchev–Trinajstić information content (AvgIpc) is 2.73. The normalized spacial score (nSPS) is 13.1. The van der Waals surface area contributed by atoms with Crippen molar-refractivity contribution < 1.29 is 5.11 Å². The monoisotopic (exact) mass is 326 g/mol. The summed E-state index contributed by atoms with van der Waals surface area (Å²) in [6, 6.07) is 15.3. The molecule has 23 heavy (non-hydrogen) atoms. The highest BCUT2D eigenvalue weighted by Gasteiger charge is 2.06. The fraction of sp³-hybridized carbons (Fsp3) is 0.118. The molecule has 116 valence electrons. The van der Waals surface area contributed by atoms with E-state index >= 15 is 0 Å². The van der Waals surface area contributed by atoms with Crippen LogP contribution in [0.15, 0.2) is 59.8 Å². The Morgan fingerprint density at radius 2 is 1.96 bits per heavy atom. The zero-order chi connectivity index (χ0) is 16.2. The molecule has 0 fully saturated rings. The largest absolute Gasteiger partial charge is 0.373 e. The number of nitrogens with zero attached hydrogens (tertiary/aromatic N) is 3. The summed E-state index contributed by atoms with van der Waals surface area (Å²) in [4.78, 5) is 9.00. The van der Waals surface area contributed by atoms with Crippen molar-refractivity contribution in [2.45, 2.75) is 13.2 Å². The van der Waals surface area contributed by atoms with Gasteiger partial charge in [-0.3, -0.25) is 10.4 Å². The maximum absolute atomic E-state index is 9.29. The Balaban J connectivity index is 2.29. The third kappa shape index (κ3) is 3.64. The van der Waals surface area contributed by atoms with Gasteiger partial charge in [-0.1, -0.05) is 41.9 Å². The molecule has 0 aliphatic carbocycles. The summed E-state index contributed by atoms with van der Waals surface area (Å²) in [5.41, 5.74) is 5.39. The number of halogens is 1. The van der Waals surface area contributed by atoms with Gasteiger partial charge in [-0.25, -0.2) is 4.98 Å². The van der Waals surface area contributed by atoms with Crippen molar-refractivity contribution in [2.24, 2.45) is 5.10 Å². The van der Waals surface area contributed by atoms with Crippen LogP contribution in [-0.2, 0) is 0 Å². The lowest BCUT2D eigenvalue weighted by Crippen LogP contribution is -2.23. The van der Waals surface area contributed by atoms with Crippen molar-refractivity contribution in [3.8, 4) is 11.3 Å². The Morgan fingerprint density at radius 3 is 2.70 bits per heavy atom. The van der Waals surface area contributed by atoms with Crippen LogP contribution >= 0.6 is 11.6 Å². The van der Waals surface area contributed by atoms with Gasteiger partial charge in [0.15, 0.2) is 5.49 Å². The second-order valence-corrected chi connectivity index (χ2v) is 5.46. The number of hydrogen-bond acceptors (Lipinski definition) is 5. The van der Waals surface area contributed by atoms with Gasteiger partial charge in [0, 0.05) is 16.0 Å². The van der Waals surface area contributed by atoms with E-state index in [1.165, 1.54) is 0 Å². The summed E-state index contributed by atoms with van der Waals surface area (Å²) in [7, 11) is 0. The number of hydrogen-bond donors (Lipinski definition) is 2. The smallest absolute Gasteiger partial charge is 0.190 e. The number of nitrogens with one attached hydrogen (secondary N) is 1. The first kappa shape index (κ1) is 15.4. The van der Waals surface area contributed by atoms with Gasteiger partial charge in [0.25, 0.3) is 0 Å². The minimum atomic E-state index is -0.767. The van der Waals surface area contributed by atoms with Gasteiger partial charge in [0.1, 0.15) is 6.23 Å². The van der Waals surface area contributed by atoms with Gasteiger partial charge in [-0.15, -0.1) is 0 Å². The highest BCUT2D eigenvalue weighted by Crippen LogP contribution is 2.26. The Morgan fingerprint density at radius 1 is 1.17 bits per heavy atom. The van der Waals surface area contributed by atoms with E-state index < -0.39 is 6.23 Å². The molecule has 0 radical (unpaired) electrons. The van der Waals surface area contributed by atoms with Gasteiger partial charge >= 0.3 is 0 Å². The van der Waals surface area contributed by atoms with Crippen molar-refractivity contribution in [3.05, 3.63) is 65.2 Å². The highest BCUT2D eigenvalue weighted by atomic mass is 35.5. The molecule has 3 aromatic rings. The Hall–Kier alpha value is -2.50. The van der Waals surface area contributed by atoms with E-state index in [9.17, 15) is 5.11 Å². The van der Waals surface area contributed by atoms with Crippen LogP contribution in [0.1, 0.15) is 6.92 Å². The molecule has 2 N–H and O–H groups in total. The molecule has 0 bridgehead atoms. The van der Waals surface area contributed by atoms with E-state index in [0.29, 0.717) is 10.5 Å². The van der Waals surface area contributed by atoms with Crippen molar-refractivity contribution in [1.82, 2.24) is 15.4 Å². The van der Waals surface area contributed by atoms with E-state index in [-0.39, 0.29) is 0 Å². The minimum Gasteiger partial charge on any atom is -0.373 e. The Kier molecular flexibility index (Phi) is 4.50. The van der Waals surface area contributed by atoms with E-state index in [1.54, 1.807) is 19.2 Å². The van der Waals surface area contributed by atoms with Crippen LogP contribution in [0.5, 0.6) is 0 Å². The van der Waals surface area contributed by atoms with E-state index in [1.807, 2.05) is 42.5 Å². The fourth-order valence-electron chi connectivity index (χ4n) is 2.18. The molecule has 1 aromatic heterocycles. The molecule has 0 spiro atoms. The Bertz CT molecular complexity index is 897. The zero-order valence-corrected chi connectivity index (χ0v) is 13.2. The van der Waals surface area contributed by atoms with Crippen molar-refractivity contribution in [2.75, 3.05) is 0 Å². The minimum absolute atomic E-state index is 0.375. The van der Waals surface area contributed by atoms with Crippen LogP contribution in [-0.4, -0.2) is 21.3 Å². The summed E-state index contributed by atoms with van der Waals surface area (Å²) >= 11 is 6.14. The lowest BCUT2D eigenvalue weighted by Gasteiger charge is -2.01. The molecule has 1 atom stereocenters. The molecule has 0 amide bonds. The summed E-state index contributed by atoms with van der Waals surface area (Å²) in [6.07, 6.45) is 0.794. The molecule has 5 nitrogen and oxygen atoms in total. The number of aromatic nitrogens is 2. The molecule has 1 unspecified atom stereocenters. The quantitative estimate of drug-likeness (QED) is 0.573. The van der Waals surface area contributed by atoms with Gasteiger partial charge in [-0.05, 0) is 25.1 Å². The molecule has 3 rings (SSSR count). The summed E-state index contributed by atoms with van der Waals surface area (Å²) in [5, 5.41) is 14.8. The van der Waals surface area contributed by atoms with Crippen molar-refractivity contribution >= 4 is 22.5 Å². The lowest BCUT2D eigenvalue weighted by molar-refractivity contribution is 0.157. The van der Waals surface area contributed by atoms with Crippen LogP contribution in [0.25, 0.3) is 22.2 Å². The molecule has 6 heteroatoms. The van der Waals surface area contributed by atoms with Crippen LogP contribution in [0.2, 0.25) is 5.02 Å². The number of rotatable bonds is 3. The van der Waals surface area contributed by atoms with Crippen LogP contribution < -0.4 is 10.9 Å². The maximum atomic E-state index is 9.29. The molecular weight excluding hydrogens is 312 g/mol. The number of fused-ring (bicyclic) bond motifs is 1. The second kappa shape index (κ2) is 6.73. The van der Waals surface area contributed by atoms with Crippen LogP contribution in [0, 0.1) is 0 Å². The molecule has 0 aliphatic heterocycles. The van der Waals surface area contributed by atoms with E-state index in [2.05, 4.69) is 20.5 Å². The number of aliphatic hydroxyl groups is 1. The third-order valence-corrected chi connectivity index (χ3v) is 3.41. The molecule has 0 saturated heterocycles. The molecule has 0 aliphatic rings. The molecular formula is C17H15ClN4O. The SMILES string of the molecule is CC(O)NN=c1cnc(-c2ccccc2)c2cc(Cl)ccc2n1. The van der Waals surface area contributed by atoms with E-state index in [4.69, 9.17) is 11.6 Å². The highest BCUT2D eigenvalue weighted by molar-refractivity contribution is 6.31. The van der Waals surface area contributed by atoms with Gasteiger partial charge in [-0.2, -0.15) is 5.10 Å². The third-order valence-electron chi connectivity index (χ3n) is 3.17. The summed E-state index contributed by atoms with van der Waals surface area (Å²) in [6.45, 7) is 1.58. The fourth-order valence-corrected chi connectivity index (χ4v) is 2.35. The molecule has 2 aromatic carbocycles. The standard InChI is InChI=1S/C17H15ClN4O/c1-11(23)21-22-16-10-19-17(12-5-3-2-4-6-12)14-9-13(18)7-8-15(14)20-16/h2-11,21,23H,1H3. The van der Waals surface area contributed by atoms with E-state index in [0.717, 1.165) is 22.2 Å². The van der Waals surface area contributed by atoms with Gasteiger partial charge in [0.05, 0.1) is 17.4 Å². The predicted octanol–water partition coefficient (Wildman–Crippen LogP) is 2.69. The first-order valence-corrected chi connectivity index (χ1v) is 7.50. The average molecular weight is 327 g/mol. The van der Waals surface area contributed by atoms with Crippen LogP contribution in [0.3, 0.4) is 0 Å². The zero-order valence-electron chi connectivity index (χ0n) is 12.4. The topological polar surface area (TPSA) is 70.4 Å². The van der Waals surface area contributed by atoms with Crippen molar-refractivity contribution in [3.63, 3.8) is 0 Å². The summed E-state index contributed by atoms with van der Waals surface area (Å²) in [5.74, 6) is 0. The maximum Gasteiger partial charge on any atom is 0.190 e. The number of benzene rings is 2. The summed E-state index contributed by atoms with van der Waals surface area (Å²) < 4.78 is 0. The first-order chi connectivity index (χ1) is 11.1. The van der Waals surface area contributed by atoms with Gasteiger partial charge in [0.2, 0.25) is 0 Å². The predicted molar refractivity (Wildman–Crippen MR) is 90.4 cm³/mol. The van der Waals surface area contributed by atoms with Crippen molar-refractivity contribution in [1.29, 1.82) is 0 Å². The lowest BCUT2D eigenvalue weighted by atomic mass is 10.1. The number of aliphatic hydroxyl groups excluding tert-OH is 1. The van der Waals surface area contributed by atoms with Crippen LogP contribution in [0.4, 0.5) is 0 Å².